The van der Waals surface area contributed by atoms with Crippen LogP contribution in [0.25, 0.3) is 0 Å². The molecule has 0 saturated carbocycles. The Hall–Kier alpha value is -5.08. The summed E-state index contributed by atoms with van der Waals surface area (Å²) in [4.78, 5) is 41.5. The summed E-state index contributed by atoms with van der Waals surface area (Å²) in [5.74, 6) is 7.27. The Morgan fingerprint density at radius 3 is 1.33 bits per heavy atom. The van der Waals surface area contributed by atoms with Crippen molar-refractivity contribution in [3.63, 3.8) is 0 Å². The maximum Gasteiger partial charge on any atom is 0.257 e. The normalized spacial score (nSPS) is 18.8. The van der Waals surface area contributed by atoms with Crippen molar-refractivity contribution in [3.05, 3.63) is 0 Å². The molecule has 87 heavy (non-hydrogen) atoms. The van der Waals surface area contributed by atoms with Crippen LogP contribution in [0, 0.1) is 53.3 Å². The summed E-state index contributed by atoms with van der Waals surface area (Å²) < 4.78 is 20.2. The van der Waals surface area contributed by atoms with Crippen LogP contribution in [-0.2, 0) is 48.0 Å². The smallest absolute Gasteiger partial charge is 0.257 e. The molecule has 0 amide bonds. The molecule has 4 atom stereocenters. The zero-order valence-corrected chi connectivity index (χ0v) is 62.3. The van der Waals surface area contributed by atoms with Gasteiger partial charge in [-0.15, -0.1) is 0 Å². The van der Waals surface area contributed by atoms with Gasteiger partial charge in [-0.1, -0.05) is 242 Å². The molecule has 8 aliphatic heterocycles. The molecule has 0 aromatic heterocycles. The van der Waals surface area contributed by atoms with Crippen LogP contribution in [-0.4, -0.2) is 140 Å². The van der Waals surface area contributed by atoms with Crippen LogP contribution in [0.2, 0.25) is 0 Å². The van der Waals surface area contributed by atoms with Crippen LogP contribution in [0.15, 0.2) is 40.8 Å². The van der Waals surface area contributed by atoms with Crippen molar-refractivity contribution in [1.29, 1.82) is 0 Å². The topological polar surface area (TPSA) is 227 Å². The van der Waals surface area contributed by atoms with E-state index < -0.39 is 0 Å². The third kappa shape index (κ3) is 62.3. The molecule has 0 aromatic carbocycles. The molecule has 0 spiro atoms. The lowest BCUT2D eigenvalue weighted by Gasteiger charge is -2.22. The molecule has 0 aliphatic carbocycles. The first-order chi connectivity index (χ1) is 41.9. The maximum atomic E-state index is 5.16. The number of rotatable bonds is 8. The molecule has 21 nitrogen and oxygen atoms in total. The Kier molecular flexibility index (Phi) is 86.9. The van der Waals surface area contributed by atoms with Crippen molar-refractivity contribution in [1.82, 2.24) is 16.1 Å². The highest BCUT2D eigenvalue weighted by Gasteiger charge is 2.19. The fourth-order valence-electron chi connectivity index (χ4n) is 5.88. The molecular formula is C66H143N11O10. The lowest BCUT2D eigenvalue weighted by Crippen LogP contribution is -2.36. The van der Waals surface area contributed by atoms with Crippen LogP contribution in [0.5, 0.6) is 0 Å². The molecule has 8 aliphatic rings. The second-order valence-corrected chi connectivity index (χ2v) is 19.9. The Morgan fingerprint density at radius 2 is 1.07 bits per heavy atom. The van der Waals surface area contributed by atoms with Gasteiger partial charge in [0.05, 0.1) is 31.5 Å². The highest BCUT2D eigenvalue weighted by Crippen LogP contribution is 2.13. The van der Waals surface area contributed by atoms with Crippen molar-refractivity contribution in [3.8, 4) is 0 Å². The van der Waals surface area contributed by atoms with Crippen molar-refractivity contribution in [2.45, 2.75) is 259 Å². The van der Waals surface area contributed by atoms with E-state index in [1.165, 1.54) is 24.9 Å². The van der Waals surface area contributed by atoms with Gasteiger partial charge in [0.15, 0.2) is 19.3 Å². The zero-order chi connectivity index (χ0) is 68.8. The maximum absolute atomic E-state index is 5.16. The lowest BCUT2D eigenvalue weighted by molar-refractivity contribution is -0.0306. The number of nitrogens with zero attached hydrogens (tertiary/aromatic N) is 8. The second kappa shape index (κ2) is 77.0. The number of hydrogen-bond acceptors (Lipinski definition) is 21. The summed E-state index contributed by atoms with van der Waals surface area (Å²) in [6.07, 6.45) is 10.1. The molecule has 0 bridgehead atoms. The van der Waals surface area contributed by atoms with Gasteiger partial charge in [0.25, 0.3) is 6.79 Å². The molecule has 8 heterocycles. The summed E-state index contributed by atoms with van der Waals surface area (Å²) >= 11 is 0. The van der Waals surface area contributed by atoms with Gasteiger partial charge in [0, 0.05) is 43.4 Å². The van der Waals surface area contributed by atoms with Gasteiger partial charge in [-0.05, 0) is 59.9 Å². The third-order valence-electron chi connectivity index (χ3n) is 10.9. The number of hydrogen-bond donors (Lipinski definition) is 3. The van der Waals surface area contributed by atoms with Crippen molar-refractivity contribution in [2.24, 2.45) is 94.0 Å². The molecule has 0 aromatic rings. The van der Waals surface area contributed by atoms with Crippen molar-refractivity contribution < 1.29 is 48.0 Å². The van der Waals surface area contributed by atoms with Crippen LogP contribution >= 0.6 is 0 Å². The lowest BCUT2D eigenvalue weighted by atomic mass is 9.95. The van der Waals surface area contributed by atoms with Gasteiger partial charge in [-0.2, -0.15) is 0 Å². The quantitative estimate of drug-likeness (QED) is 0.206. The third-order valence-corrected chi connectivity index (χ3v) is 10.9. The fourth-order valence-corrected chi connectivity index (χ4v) is 5.88. The number of ether oxygens (including phenoxy) is 4. The molecule has 4 unspecified atom stereocenters. The van der Waals surface area contributed by atoms with Crippen LogP contribution in [0.1, 0.15) is 241 Å². The fraction of sp³-hybridized carbons (Fsp3) is 0.879. The van der Waals surface area contributed by atoms with E-state index in [1.54, 1.807) is 6.34 Å². The first-order valence-electron chi connectivity index (χ1n) is 33.7. The average molecular weight is 1250 g/mol. The molecular weight excluding hydrogens is 1110 g/mol. The monoisotopic (exact) mass is 1250 g/mol. The Morgan fingerprint density at radius 1 is 0.494 bits per heavy atom. The molecule has 8 rings (SSSR count). The van der Waals surface area contributed by atoms with Crippen molar-refractivity contribution in [2.75, 3.05) is 72.6 Å². The van der Waals surface area contributed by atoms with E-state index in [9.17, 15) is 0 Å². The van der Waals surface area contributed by atoms with Gasteiger partial charge in [-0.3, -0.25) is 25.3 Å². The first-order valence-corrected chi connectivity index (χ1v) is 33.7. The number of aliphatic imine (C=N–C) groups is 3. The summed E-state index contributed by atoms with van der Waals surface area (Å²) in [5, 5.41) is 24.6. The van der Waals surface area contributed by atoms with E-state index >= 15 is 0 Å². The van der Waals surface area contributed by atoms with E-state index in [1.807, 2.05) is 145 Å². The van der Waals surface area contributed by atoms with Crippen LogP contribution in [0.4, 0.5) is 0 Å². The number of hydroxylamine groups is 1. The van der Waals surface area contributed by atoms with Gasteiger partial charge >= 0.3 is 0 Å². The van der Waals surface area contributed by atoms with Gasteiger partial charge in [0.2, 0.25) is 24.6 Å². The minimum Gasteiger partial charge on any atom is -0.477 e. The standard InChI is InChI=1S/2C7H14N2.C7H13NO.C6H12N2O.3C6H11NO2.C5H9NO2.8C2H6/c1-6(2)7-3-8-5-9-4-7;1-6(2)7-3-4-8-5-9-7;1-6(2)7-4-3-5-9-8-7;1-5(2)6-7-3-4-9-8-6;1-5(2)6-3-9-7-4-8-6;1-5(2)6-3-8-4-7-9-6;1-5(2)6-7-9-4-3-8-6;1-4(2)5-6-8-3-7-5;8*1-2/h2*5-7H,3-4H2,1-2H3,(H,8,9);6H,3-5H2,1-2H3;5H,3-4H2,1-2H3,(H,7,8);2*4-6H,3H2,1-2H3;5H,3-4H2,1-2H3;4H,3H2,1-2H3;8*1-2H3. The van der Waals surface area contributed by atoms with E-state index in [-0.39, 0.29) is 19.0 Å². The summed E-state index contributed by atoms with van der Waals surface area (Å²) in [7, 11) is 0. The predicted octanol–water partition coefficient (Wildman–Crippen LogP) is 16.5. The molecule has 522 valence electrons. The first kappa shape index (κ1) is 98.2. The Balaban J connectivity index is -0.000000132. The van der Waals surface area contributed by atoms with E-state index in [4.69, 9.17) is 43.1 Å². The Labute approximate surface area is 536 Å². The predicted molar refractivity (Wildman–Crippen MR) is 376 cm³/mol. The molecule has 21 heteroatoms. The van der Waals surface area contributed by atoms with Crippen LogP contribution < -0.4 is 16.1 Å². The van der Waals surface area contributed by atoms with Gasteiger partial charge in [-0.25, -0.2) is 0 Å². The summed E-state index contributed by atoms with van der Waals surface area (Å²) in [5.41, 5.74) is 3.98. The SMILES string of the molecule is CC.CC.CC.CC.CC.CC.CC.CC.CC(C)C1=NCCON1.CC(C)C1=NOCCC1.CC(C)C1=NOCCO1.CC(C)C1=NOCO1.CC(C)C1CCN=CN1.CC(C)C1CN=CNC1.CC(C)C1COC=NO1.CC(C)C1CON=CO1. The van der Waals surface area contributed by atoms with Crippen molar-refractivity contribution >= 4 is 48.8 Å². The number of nitrogens with one attached hydrogen (secondary N) is 3. The molecule has 0 saturated heterocycles. The second-order valence-electron chi connectivity index (χ2n) is 19.9. The highest BCUT2D eigenvalue weighted by atomic mass is 16.8. The van der Waals surface area contributed by atoms with Gasteiger partial charge < -0.3 is 53.8 Å². The minimum atomic E-state index is 0.134. The molecule has 3 N–H and O–H groups in total. The zero-order valence-electron chi connectivity index (χ0n) is 62.3. The summed E-state index contributed by atoms with van der Waals surface area (Å²) in [6, 6.07) is 0.655. The summed E-state index contributed by atoms with van der Waals surface area (Å²) in [6.45, 7) is 73.9. The highest BCUT2D eigenvalue weighted by molar-refractivity contribution is 5.86. The van der Waals surface area contributed by atoms with Crippen LogP contribution in [0.3, 0.4) is 0 Å². The van der Waals surface area contributed by atoms with E-state index in [0.717, 1.165) is 69.2 Å². The molecule has 0 radical (unpaired) electrons. The van der Waals surface area contributed by atoms with Gasteiger partial charge in [0.1, 0.15) is 31.8 Å². The number of amidine groups is 1. The largest absolute Gasteiger partial charge is 0.477 e. The average Bonchev–Trinajstić information content (AvgIpc) is 4.17. The minimum absolute atomic E-state index is 0.134. The molecule has 0 fully saturated rings. The Bertz CT molecular complexity index is 1430. The van der Waals surface area contributed by atoms with E-state index in [0.29, 0.717) is 86.4 Å². The number of oxime groups is 5. The van der Waals surface area contributed by atoms with E-state index in [2.05, 4.69) is 145 Å².